The van der Waals surface area contributed by atoms with Crippen molar-refractivity contribution < 1.29 is 28.6 Å². The number of rotatable bonds is 9. The van der Waals surface area contributed by atoms with Gasteiger partial charge in [0.1, 0.15) is 0 Å². The molecule has 1 unspecified atom stereocenters. The van der Waals surface area contributed by atoms with Gasteiger partial charge in [-0.15, -0.1) is 0 Å². The topological polar surface area (TPSA) is 90.9 Å². The molecule has 0 aromatic heterocycles. The quantitative estimate of drug-likeness (QED) is 0.281. The minimum absolute atomic E-state index is 0.0370. The van der Waals surface area contributed by atoms with Gasteiger partial charge in [0.05, 0.1) is 6.61 Å². The molecule has 0 bridgehead atoms. The van der Waals surface area contributed by atoms with E-state index in [0.717, 1.165) is 13.2 Å². The van der Waals surface area contributed by atoms with Crippen molar-refractivity contribution in [2.45, 2.75) is 40.0 Å². The van der Waals surface area contributed by atoms with Crippen LogP contribution < -0.4 is 5.32 Å². The zero-order valence-corrected chi connectivity index (χ0v) is 11.9. The first-order valence-corrected chi connectivity index (χ1v) is 6.12. The van der Waals surface area contributed by atoms with Crippen molar-refractivity contribution in [3.05, 3.63) is 0 Å². The van der Waals surface area contributed by atoms with Crippen LogP contribution in [-0.4, -0.2) is 50.8 Å². The van der Waals surface area contributed by atoms with Gasteiger partial charge >= 0.3 is 5.97 Å². The number of amides is 1. The highest BCUT2D eigenvalue weighted by Crippen LogP contribution is 1.90. The molecule has 112 valence electrons. The van der Waals surface area contributed by atoms with Crippen molar-refractivity contribution in [2.24, 2.45) is 0 Å². The first-order valence-electron chi connectivity index (χ1n) is 6.12. The zero-order chi connectivity index (χ0) is 15.1. The van der Waals surface area contributed by atoms with Crippen LogP contribution in [0.15, 0.2) is 0 Å². The average molecular weight is 277 g/mol. The van der Waals surface area contributed by atoms with E-state index in [1.54, 1.807) is 6.92 Å². The average Bonchev–Trinajstić information content (AvgIpc) is 2.37. The van der Waals surface area contributed by atoms with Crippen LogP contribution in [0.4, 0.5) is 0 Å². The molecule has 0 rings (SSSR count). The largest absolute Gasteiger partial charge is 0.464 e. The lowest BCUT2D eigenvalue weighted by molar-refractivity contribution is -0.147. The summed E-state index contributed by atoms with van der Waals surface area (Å²) in [6.07, 6.45) is 0.549. The van der Waals surface area contributed by atoms with E-state index in [1.807, 2.05) is 26.1 Å². The van der Waals surface area contributed by atoms with Crippen molar-refractivity contribution in [1.82, 2.24) is 5.32 Å². The minimum Gasteiger partial charge on any atom is -0.464 e. The third-order valence-corrected chi connectivity index (χ3v) is 1.73. The van der Waals surface area contributed by atoms with Crippen LogP contribution in [0.25, 0.3) is 0 Å². The number of aldehydes is 1. The maximum atomic E-state index is 10.7. The molecule has 0 saturated carbocycles. The van der Waals surface area contributed by atoms with Crippen LogP contribution >= 0.6 is 0 Å². The second-order valence-electron chi connectivity index (χ2n) is 3.13. The van der Waals surface area contributed by atoms with E-state index in [9.17, 15) is 14.4 Å². The van der Waals surface area contributed by atoms with E-state index < -0.39 is 12.0 Å². The molecule has 0 heterocycles. The molecule has 1 N–H and O–H groups in total. The third kappa shape index (κ3) is 12.8. The molecular weight excluding hydrogens is 254 g/mol. The Hall–Kier alpha value is -1.47. The van der Waals surface area contributed by atoms with Crippen LogP contribution in [-0.2, 0) is 28.6 Å². The van der Waals surface area contributed by atoms with Crippen molar-refractivity contribution in [2.75, 3.05) is 19.8 Å². The summed E-state index contributed by atoms with van der Waals surface area (Å²) >= 11 is 0. The van der Waals surface area contributed by atoms with Gasteiger partial charge in [-0.05, 0) is 27.7 Å². The zero-order valence-electron chi connectivity index (χ0n) is 11.9. The molecule has 0 radical (unpaired) electrons. The van der Waals surface area contributed by atoms with Gasteiger partial charge in [0.2, 0.25) is 6.41 Å². The van der Waals surface area contributed by atoms with E-state index in [2.05, 4.69) is 4.74 Å². The summed E-state index contributed by atoms with van der Waals surface area (Å²) in [4.78, 5) is 30.6. The Labute approximate surface area is 113 Å². The molecule has 7 nitrogen and oxygen atoms in total. The van der Waals surface area contributed by atoms with Gasteiger partial charge in [-0.1, -0.05) is 0 Å². The predicted molar refractivity (Wildman–Crippen MR) is 68.4 cm³/mol. The molecule has 0 aromatic carbocycles. The number of esters is 1. The van der Waals surface area contributed by atoms with E-state index in [4.69, 9.17) is 9.47 Å². The molecule has 0 aliphatic carbocycles. The SMILES string of the molecule is CCOC(=O)C(C=O)NC=O.CCOC(C)OCC. The lowest BCUT2D eigenvalue weighted by Crippen LogP contribution is -2.38. The van der Waals surface area contributed by atoms with E-state index in [0.29, 0.717) is 6.29 Å². The number of carbonyl (C=O) groups is 3. The maximum Gasteiger partial charge on any atom is 0.336 e. The molecule has 0 aliphatic rings. The van der Waals surface area contributed by atoms with Crippen LogP contribution in [0.3, 0.4) is 0 Å². The van der Waals surface area contributed by atoms with Gasteiger partial charge in [0.25, 0.3) is 0 Å². The minimum atomic E-state index is -1.17. The summed E-state index contributed by atoms with van der Waals surface area (Å²) < 4.78 is 14.6. The Kier molecular flexibility index (Phi) is 15.3. The molecule has 0 spiro atoms. The van der Waals surface area contributed by atoms with Gasteiger partial charge in [-0.25, -0.2) is 4.79 Å². The molecule has 19 heavy (non-hydrogen) atoms. The molecule has 0 aromatic rings. The molecule has 0 fully saturated rings. The fraction of sp³-hybridized carbons (Fsp3) is 0.750. The first-order chi connectivity index (χ1) is 9.06. The number of hydrogen-bond donors (Lipinski definition) is 1. The standard InChI is InChI=1S/C6H9NO4.C6H14O2/c1-2-11-6(10)5(3-8)7-4-9;1-4-7-6(3)8-5-2/h3-5H,2H2,1H3,(H,7,9);6H,4-5H2,1-3H3. The summed E-state index contributed by atoms with van der Waals surface area (Å²) in [5.74, 6) is -0.741. The van der Waals surface area contributed by atoms with Crippen LogP contribution in [0.2, 0.25) is 0 Å². The number of nitrogens with one attached hydrogen (secondary N) is 1. The Morgan fingerprint density at radius 1 is 1.11 bits per heavy atom. The lowest BCUT2D eigenvalue weighted by atomic mass is 10.3. The van der Waals surface area contributed by atoms with Crippen LogP contribution in [0.1, 0.15) is 27.7 Å². The van der Waals surface area contributed by atoms with Crippen molar-refractivity contribution >= 4 is 18.7 Å². The number of hydrogen-bond acceptors (Lipinski definition) is 6. The van der Waals surface area contributed by atoms with Gasteiger partial charge in [-0.3, -0.25) is 4.79 Å². The van der Waals surface area contributed by atoms with E-state index in [-0.39, 0.29) is 19.3 Å². The number of ether oxygens (including phenoxy) is 3. The van der Waals surface area contributed by atoms with Gasteiger partial charge in [0.15, 0.2) is 18.6 Å². The van der Waals surface area contributed by atoms with Gasteiger partial charge in [-0.2, -0.15) is 0 Å². The molecular formula is C12H23NO6. The summed E-state index contributed by atoms with van der Waals surface area (Å²) in [5.41, 5.74) is 0. The second-order valence-corrected chi connectivity index (χ2v) is 3.13. The fourth-order valence-corrected chi connectivity index (χ4v) is 0.986. The van der Waals surface area contributed by atoms with E-state index >= 15 is 0 Å². The normalized spacial score (nSPS) is 11.0. The first kappa shape index (κ1) is 19.9. The molecule has 0 aliphatic heterocycles. The van der Waals surface area contributed by atoms with Crippen molar-refractivity contribution in [3.63, 3.8) is 0 Å². The fourth-order valence-electron chi connectivity index (χ4n) is 0.986. The summed E-state index contributed by atoms with van der Waals surface area (Å²) in [7, 11) is 0. The maximum absolute atomic E-state index is 10.7. The van der Waals surface area contributed by atoms with E-state index in [1.165, 1.54) is 0 Å². The molecule has 1 amide bonds. The highest BCUT2D eigenvalue weighted by Gasteiger charge is 2.16. The predicted octanol–water partition coefficient (Wildman–Crippen LogP) is 0.268. The Bertz CT molecular complexity index is 240. The summed E-state index contributed by atoms with van der Waals surface area (Å²) in [6, 6.07) is -1.17. The van der Waals surface area contributed by atoms with Crippen molar-refractivity contribution in [3.8, 4) is 0 Å². The highest BCUT2D eigenvalue weighted by molar-refractivity contribution is 5.93. The Morgan fingerprint density at radius 2 is 1.63 bits per heavy atom. The summed E-state index contributed by atoms with van der Waals surface area (Å²) in [6.45, 7) is 9.05. The molecule has 0 saturated heterocycles. The third-order valence-electron chi connectivity index (χ3n) is 1.73. The molecule has 1 atom stereocenters. The van der Waals surface area contributed by atoms with Crippen molar-refractivity contribution in [1.29, 1.82) is 0 Å². The van der Waals surface area contributed by atoms with Crippen LogP contribution in [0.5, 0.6) is 0 Å². The number of carbonyl (C=O) groups excluding carboxylic acids is 3. The molecule has 7 heteroatoms. The Morgan fingerprint density at radius 3 is 1.95 bits per heavy atom. The van der Waals surface area contributed by atoms with Gasteiger partial charge in [0, 0.05) is 13.2 Å². The smallest absolute Gasteiger partial charge is 0.336 e. The highest BCUT2D eigenvalue weighted by atomic mass is 16.7. The second kappa shape index (κ2) is 14.6. The monoisotopic (exact) mass is 277 g/mol. The van der Waals surface area contributed by atoms with Gasteiger partial charge < -0.3 is 24.3 Å². The summed E-state index contributed by atoms with van der Waals surface area (Å²) in [5, 5.41) is 1.99. The Balaban J connectivity index is 0. The lowest BCUT2D eigenvalue weighted by Gasteiger charge is -2.09. The van der Waals surface area contributed by atoms with Crippen LogP contribution in [0, 0.1) is 0 Å².